The van der Waals surface area contributed by atoms with Gasteiger partial charge in [0.1, 0.15) is 5.75 Å². The first-order valence-corrected chi connectivity index (χ1v) is 8.09. The van der Waals surface area contributed by atoms with Crippen LogP contribution in [0.3, 0.4) is 0 Å². The summed E-state index contributed by atoms with van der Waals surface area (Å²) < 4.78 is 5.37. The van der Waals surface area contributed by atoms with Gasteiger partial charge < -0.3 is 15.2 Å². The Morgan fingerprint density at radius 3 is 2.43 bits per heavy atom. The van der Waals surface area contributed by atoms with Crippen molar-refractivity contribution >= 4 is 11.9 Å². The first kappa shape index (κ1) is 17.3. The number of carbonyl (C=O) groups is 2. The number of aliphatic carboxylic acids is 1. The van der Waals surface area contributed by atoms with Crippen molar-refractivity contribution in [3.8, 4) is 5.75 Å². The fourth-order valence-corrected chi connectivity index (χ4v) is 2.96. The molecule has 1 aromatic carbocycles. The van der Waals surface area contributed by atoms with Gasteiger partial charge in [0.15, 0.2) is 0 Å². The van der Waals surface area contributed by atoms with Crippen LogP contribution in [0.4, 0.5) is 0 Å². The van der Waals surface area contributed by atoms with Crippen LogP contribution in [0, 0.1) is 17.8 Å². The van der Waals surface area contributed by atoms with E-state index in [-0.39, 0.29) is 17.9 Å². The quantitative estimate of drug-likeness (QED) is 0.809. The molecule has 126 valence electrons. The maximum atomic E-state index is 12.4. The smallest absolute Gasteiger partial charge is 0.307 e. The number of carbonyl (C=O) groups excluding carboxylic acids is 1. The molecule has 1 aliphatic rings. The van der Waals surface area contributed by atoms with E-state index in [0.29, 0.717) is 19.3 Å². The highest BCUT2D eigenvalue weighted by atomic mass is 16.5. The van der Waals surface area contributed by atoms with E-state index in [9.17, 15) is 9.59 Å². The van der Waals surface area contributed by atoms with Crippen molar-refractivity contribution in [1.82, 2.24) is 5.32 Å². The topological polar surface area (TPSA) is 75.6 Å². The predicted molar refractivity (Wildman–Crippen MR) is 87.3 cm³/mol. The third-order valence-corrected chi connectivity index (χ3v) is 4.69. The van der Waals surface area contributed by atoms with Gasteiger partial charge in [0.25, 0.3) is 0 Å². The van der Waals surface area contributed by atoms with Gasteiger partial charge in [0.2, 0.25) is 5.91 Å². The van der Waals surface area contributed by atoms with Gasteiger partial charge in [0.05, 0.1) is 18.9 Å². The van der Waals surface area contributed by atoms with E-state index in [0.717, 1.165) is 11.3 Å². The summed E-state index contributed by atoms with van der Waals surface area (Å²) in [7, 11) is 1.63. The predicted octanol–water partition coefficient (Wildman–Crippen LogP) is 2.49. The summed E-state index contributed by atoms with van der Waals surface area (Å²) in [5.41, 5.74) is 1.04. The van der Waals surface area contributed by atoms with E-state index < -0.39 is 17.8 Å². The van der Waals surface area contributed by atoms with Crippen LogP contribution in [0.1, 0.15) is 32.3 Å². The van der Waals surface area contributed by atoms with E-state index >= 15 is 0 Å². The number of carboxylic acid groups (broad SMARTS) is 1. The molecule has 0 saturated heterocycles. The number of amides is 1. The first-order valence-electron chi connectivity index (χ1n) is 8.09. The van der Waals surface area contributed by atoms with E-state index in [1.165, 1.54) is 0 Å². The second-order valence-electron chi connectivity index (χ2n) is 6.50. The molecule has 3 unspecified atom stereocenters. The van der Waals surface area contributed by atoms with Crippen LogP contribution in [0.2, 0.25) is 0 Å². The monoisotopic (exact) mass is 319 g/mol. The van der Waals surface area contributed by atoms with Crippen molar-refractivity contribution in [3.63, 3.8) is 0 Å². The highest BCUT2D eigenvalue weighted by Crippen LogP contribution is 2.35. The van der Waals surface area contributed by atoms with Gasteiger partial charge in [-0.15, -0.1) is 0 Å². The van der Waals surface area contributed by atoms with Crippen molar-refractivity contribution < 1.29 is 19.4 Å². The van der Waals surface area contributed by atoms with Gasteiger partial charge in [0, 0.05) is 6.04 Å². The normalized spacial score (nSPS) is 21.4. The minimum absolute atomic E-state index is 0.0474. The summed E-state index contributed by atoms with van der Waals surface area (Å²) in [6.07, 6.45) is 1.91. The second-order valence-corrected chi connectivity index (χ2v) is 6.50. The lowest BCUT2D eigenvalue weighted by Gasteiger charge is -2.34. The number of carboxylic acids is 1. The Labute approximate surface area is 137 Å². The van der Waals surface area contributed by atoms with Gasteiger partial charge in [-0.2, -0.15) is 0 Å². The summed E-state index contributed by atoms with van der Waals surface area (Å²) in [6.45, 7) is 4.10. The average molecular weight is 319 g/mol. The van der Waals surface area contributed by atoms with E-state index in [1.807, 2.05) is 24.3 Å². The van der Waals surface area contributed by atoms with Crippen LogP contribution < -0.4 is 10.1 Å². The third-order valence-electron chi connectivity index (χ3n) is 4.69. The Morgan fingerprint density at radius 2 is 1.91 bits per heavy atom. The van der Waals surface area contributed by atoms with E-state index in [1.54, 1.807) is 7.11 Å². The maximum absolute atomic E-state index is 12.4. The van der Waals surface area contributed by atoms with Crippen LogP contribution in [-0.4, -0.2) is 30.1 Å². The molecule has 1 aromatic rings. The van der Waals surface area contributed by atoms with Crippen molar-refractivity contribution in [3.05, 3.63) is 29.8 Å². The molecule has 23 heavy (non-hydrogen) atoms. The maximum Gasteiger partial charge on any atom is 0.307 e. The fraction of sp³-hybridized carbons (Fsp3) is 0.556. The molecule has 0 aliphatic heterocycles. The fourth-order valence-electron chi connectivity index (χ4n) is 2.96. The number of para-hydroxylation sites is 1. The molecule has 0 spiro atoms. The van der Waals surface area contributed by atoms with Gasteiger partial charge in [-0.05, 0) is 36.8 Å². The summed E-state index contributed by atoms with van der Waals surface area (Å²) >= 11 is 0. The van der Waals surface area contributed by atoms with E-state index in [4.69, 9.17) is 9.84 Å². The molecular formula is C18H25NO4. The Bertz CT molecular complexity index is 570. The van der Waals surface area contributed by atoms with E-state index in [2.05, 4.69) is 19.2 Å². The molecule has 0 aromatic heterocycles. The molecular weight excluding hydrogens is 294 g/mol. The largest absolute Gasteiger partial charge is 0.496 e. The summed E-state index contributed by atoms with van der Waals surface area (Å²) in [5, 5.41) is 12.1. The van der Waals surface area contributed by atoms with Crippen molar-refractivity contribution in [2.75, 3.05) is 7.11 Å². The van der Waals surface area contributed by atoms with Gasteiger partial charge in [-0.25, -0.2) is 0 Å². The Morgan fingerprint density at radius 1 is 1.26 bits per heavy atom. The van der Waals surface area contributed by atoms with Crippen molar-refractivity contribution in [2.45, 2.75) is 39.2 Å². The molecule has 3 atom stereocenters. The lowest BCUT2D eigenvalue weighted by Crippen LogP contribution is -2.49. The number of rotatable bonds is 7. The number of methoxy groups -OCH3 is 1. The van der Waals surface area contributed by atoms with Crippen molar-refractivity contribution in [2.24, 2.45) is 17.8 Å². The summed E-state index contributed by atoms with van der Waals surface area (Å²) in [4.78, 5) is 23.5. The molecule has 0 bridgehead atoms. The summed E-state index contributed by atoms with van der Waals surface area (Å²) in [5.74, 6) is -0.897. The average Bonchev–Trinajstić information content (AvgIpc) is 2.45. The third kappa shape index (κ3) is 4.03. The van der Waals surface area contributed by atoms with Gasteiger partial charge in [-0.3, -0.25) is 9.59 Å². The Kier molecular flexibility index (Phi) is 5.64. The highest BCUT2D eigenvalue weighted by molar-refractivity contribution is 5.86. The van der Waals surface area contributed by atoms with Crippen LogP contribution in [0.5, 0.6) is 5.75 Å². The highest BCUT2D eigenvalue weighted by Gasteiger charge is 2.42. The van der Waals surface area contributed by atoms with Crippen molar-refractivity contribution in [1.29, 1.82) is 0 Å². The molecule has 5 heteroatoms. The molecule has 2 N–H and O–H groups in total. The molecule has 0 radical (unpaired) electrons. The minimum atomic E-state index is -0.873. The minimum Gasteiger partial charge on any atom is -0.496 e. The lowest BCUT2D eigenvalue weighted by molar-refractivity contribution is -0.153. The Hall–Kier alpha value is -2.04. The number of benzene rings is 1. The summed E-state index contributed by atoms with van der Waals surface area (Å²) in [6, 6.07) is 7.71. The SMILES string of the molecule is COc1ccccc1CC(NC(=O)C1CCC1C(=O)O)C(C)C. The molecule has 5 nitrogen and oxygen atoms in total. The Balaban J connectivity index is 2.04. The second kappa shape index (κ2) is 7.49. The number of ether oxygens (including phenoxy) is 1. The molecule has 1 saturated carbocycles. The number of nitrogens with one attached hydrogen (secondary N) is 1. The number of hydrogen-bond donors (Lipinski definition) is 2. The van der Waals surface area contributed by atoms with Crippen LogP contribution >= 0.6 is 0 Å². The van der Waals surface area contributed by atoms with Crippen LogP contribution in [0.25, 0.3) is 0 Å². The van der Waals surface area contributed by atoms with Crippen LogP contribution in [-0.2, 0) is 16.0 Å². The lowest BCUT2D eigenvalue weighted by atomic mass is 9.73. The molecule has 2 rings (SSSR count). The van der Waals surface area contributed by atoms with Gasteiger partial charge in [-0.1, -0.05) is 32.0 Å². The molecule has 0 heterocycles. The zero-order chi connectivity index (χ0) is 17.0. The first-order chi connectivity index (χ1) is 10.9. The standard InChI is InChI=1S/C18H25NO4/c1-11(2)15(10-12-6-4-5-7-16(12)23-3)19-17(20)13-8-9-14(13)18(21)22/h4-7,11,13-15H,8-10H2,1-3H3,(H,19,20)(H,21,22). The molecule has 1 fully saturated rings. The molecule has 1 amide bonds. The van der Waals surface area contributed by atoms with Crippen LogP contribution in [0.15, 0.2) is 24.3 Å². The zero-order valence-corrected chi connectivity index (χ0v) is 13.9. The number of hydrogen-bond acceptors (Lipinski definition) is 3. The zero-order valence-electron chi connectivity index (χ0n) is 13.9. The van der Waals surface area contributed by atoms with Gasteiger partial charge >= 0.3 is 5.97 Å². The molecule has 1 aliphatic carbocycles.